The first kappa shape index (κ1) is 32.9. The van der Waals surface area contributed by atoms with Gasteiger partial charge < -0.3 is 25.7 Å². The topological polar surface area (TPSA) is 147 Å². The van der Waals surface area contributed by atoms with E-state index in [2.05, 4.69) is 21.3 Å². The maximum atomic E-state index is 14.0. The van der Waals surface area contributed by atoms with Gasteiger partial charge in [-0.25, -0.2) is 0 Å². The van der Waals surface area contributed by atoms with Crippen LogP contribution in [0.2, 0.25) is 0 Å². The largest absolute Gasteiger partial charge is 0.451 e. The lowest BCUT2D eigenvalue weighted by atomic mass is 9.84. The molecule has 2 aliphatic rings. The molecule has 46 heavy (non-hydrogen) atoms. The molecule has 2 aromatic carbocycles. The standard InChI is InChI=1S/C36H44N4O6/c1-22-15-16-30-27(18-22)23(2)32(46-30)36(45)40-29(19-24-10-5-3-6-11-24)34(43)39-28(20-26-14-9-17-37-33(26)42)31(41)35(44)38-21-25-12-7-4-8-13-25/h4,7-8,12-13,15-16,18,24,26,28-29H,3,5-6,9-11,14,17,19-21H2,1-2H3,(H,37,42)(H,38,44)(H,39,43)(H,40,45)/t26-,28-,29?/m0/s1. The van der Waals surface area contributed by atoms with Crippen LogP contribution in [-0.2, 0) is 25.7 Å². The molecular weight excluding hydrogens is 584 g/mol. The van der Waals surface area contributed by atoms with Crippen molar-refractivity contribution in [3.05, 3.63) is 71.0 Å². The van der Waals surface area contributed by atoms with Gasteiger partial charge >= 0.3 is 0 Å². The summed E-state index contributed by atoms with van der Waals surface area (Å²) in [6.07, 6.45) is 6.78. The number of benzene rings is 2. The predicted molar refractivity (Wildman–Crippen MR) is 174 cm³/mol. The Hall–Kier alpha value is -4.47. The fourth-order valence-corrected chi connectivity index (χ4v) is 6.64. The molecule has 0 radical (unpaired) electrons. The number of nitrogens with one attached hydrogen (secondary N) is 4. The van der Waals surface area contributed by atoms with Gasteiger partial charge in [0.05, 0.1) is 6.04 Å². The summed E-state index contributed by atoms with van der Waals surface area (Å²) in [6.45, 7) is 4.47. The summed E-state index contributed by atoms with van der Waals surface area (Å²) in [4.78, 5) is 66.9. The van der Waals surface area contributed by atoms with E-state index in [-0.39, 0.29) is 30.6 Å². The minimum atomic E-state index is -1.24. The fourth-order valence-electron chi connectivity index (χ4n) is 6.64. The molecule has 1 saturated heterocycles. The first-order valence-electron chi connectivity index (χ1n) is 16.4. The molecule has 4 N–H and O–H groups in total. The monoisotopic (exact) mass is 628 g/mol. The minimum absolute atomic E-state index is 0.0126. The molecule has 1 aromatic heterocycles. The highest BCUT2D eigenvalue weighted by Gasteiger charge is 2.36. The van der Waals surface area contributed by atoms with Crippen molar-refractivity contribution in [1.29, 1.82) is 0 Å². The van der Waals surface area contributed by atoms with Crippen molar-refractivity contribution in [3.8, 4) is 0 Å². The third kappa shape index (κ3) is 8.21. The van der Waals surface area contributed by atoms with Gasteiger partial charge in [-0.3, -0.25) is 24.0 Å². The second kappa shape index (κ2) is 15.2. The Morgan fingerprint density at radius 2 is 1.65 bits per heavy atom. The molecule has 4 amide bonds. The van der Waals surface area contributed by atoms with Crippen LogP contribution in [-0.4, -0.2) is 48.0 Å². The van der Waals surface area contributed by atoms with E-state index in [1.165, 1.54) is 0 Å². The van der Waals surface area contributed by atoms with Crippen LogP contribution in [0.25, 0.3) is 11.0 Å². The first-order chi connectivity index (χ1) is 22.2. The molecule has 2 heterocycles. The molecule has 0 spiro atoms. The molecule has 10 heteroatoms. The van der Waals surface area contributed by atoms with Crippen molar-refractivity contribution in [3.63, 3.8) is 0 Å². The highest BCUT2D eigenvalue weighted by Crippen LogP contribution is 2.29. The summed E-state index contributed by atoms with van der Waals surface area (Å²) < 4.78 is 5.92. The first-order valence-corrected chi connectivity index (χ1v) is 16.4. The maximum Gasteiger partial charge on any atom is 0.289 e. The number of hydrogen-bond donors (Lipinski definition) is 4. The van der Waals surface area contributed by atoms with Crippen LogP contribution < -0.4 is 21.3 Å². The van der Waals surface area contributed by atoms with Crippen LogP contribution >= 0.6 is 0 Å². The van der Waals surface area contributed by atoms with Gasteiger partial charge in [0.1, 0.15) is 11.6 Å². The number of carbonyl (C=O) groups excluding carboxylic acids is 5. The molecule has 244 valence electrons. The van der Waals surface area contributed by atoms with Gasteiger partial charge in [-0.05, 0) is 63.1 Å². The number of aryl methyl sites for hydroxylation is 2. The number of piperidine rings is 1. The van der Waals surface area contributed by atoms with Gasteiger partial charge in [0.2, 0.25) is 17.6 Å². The Morgan fingerprint density at radius 1 is 0.891 bits per heavy atom. The lowest BCUT2D eigenvalue weighted by Gasteiger charge is -2.29. The number of hydrogen-bond acceptors (Lipinski definition) is 6. The Labute approximate surface area is 269 Å². The number of fused-ring (bicyclic) bond motifs is 1. The van der Waals surface area contributed by atoms with E-state index in [0.717, 1.165) is 55.0 Å². The Bertz CT molecular complexity index is 1580. The summed E-state index contributed by atoms with van der Waals surface area (Å²) in [5.74, 6) is -3.12. The zero-order valence-corrected chi connectivity index (χ0v) is 26.7. The molecule has 1 aliphatic heterocycles. The van der Waals surface area contributed by atoms with Crippen LogP contribution in [0.15, 0.2) is 52.9 Å². The lowest BCUT2D eigenvalue weighted by molar-refractivity contribution is -0.141. The molecule has 2 fully saturated rings. The van der Waals surface area contributed by atoms with Crippen molar-refractivity contribution < 1.29 is 28.4 Å². The van der Waals surface area contributed by atoms with Gasteiger partial charge in [-0.15, -0.1) is 0 Å². The summed E-state index contributed by atoms with van der Waals surface area (Å²) in [5, 5.41) is 12.0. The van der Waals surface area contributed by atoms with Crippen LogP contribution in [0.1, 0.15) is 85.0 Å². The van der Waals surface area contributed by atoms with Crippen LogP contribution in [0.4, 0.5) is 0 Å². The van der Waals surface area contributed by atoms with E-state index in [1.807, 2.05) is 62.4 Å². The highest BCUT2D eigenvalue weighted by atomic mass is 16.3. The smallest absolute Gasteiger partial charge is 0.289 e. The summed E-state index contributed by atoms with van der Waals surface area (Å²) >= 11 is 0. The summed E-state index contributed by atoms with van der Waals surface area (Å²) in [6, 6.07) is 12.7. The van der Waals surface area contributed by atoms with Gasteiger partial charge in [-0.1, -0.05) is 74.1 Å². The van der Waals surface area contributed by atoms with Crippen molar-refractivity contribution in [2.45, 2.75) is 90.3 Å². The second-order valence-corrected chi connectivity index (χ2v) is 12.8. The van der Waals surface area contributed by atoms with Gasteiger partial charge in [0.15, 0.2) is 5.76 Å². The molecular formula is C36H44N4O6. The Balaban J connectivity index is 1.35. The SMILES string of the molecule is Cc1ccc2oc(C(=O)NC(CC3CCCCC3)C(=O)N[C@@H](C[C@@H]3CCCNC3=O)C(=O)C(=O)NCc3ccccc3)c(C)c2c1. The van der Waals surface area contributed by atoms with E-state index in [1.54, 1.807) is 0 Å². The zero-order valence-electron chi connectivity index (χ0n) is 26.7. The molecule has 0 bridgehead atoms. The van der Waals surface area contributed by atoms with Crippen LogP contribution in [0.5, 0.6) is 0 Å². The predicted octanol–water partition coefficient (Wildman–Crippen LogP) is 4.41. The number of furan rings is 1. The van der Waals surface area contributed by atoms with Gasteiger partial charge in [-0.2, -0.15) is 0 Å². The van der Waals surface area contributed by atoms with E-state index < -0.39 is 41.5 Å². The van der Waals surface area contributed by atoms with Crippen molar-refractivity contribution in [1.82, 2.24) is 21.3 Å². The van der Waals surface area contributed by atoms with E-state index in [4.69, 9.17) is 4.42 Å². The molecule has 1 aliphatic carbocycles. The number of Topliss-reactive ketones (excluding diaryl/α,β-unsaturated/α-hetero) is 1. The average molecular weight is 629 g/mol. The Morgan fingerprint density at radius 3 is 2.39 bits per heavy atom. The maximum absolute atomic E-state index is 14.0. The van der Waals surface area contributed by atoms with E-state index >= 15 is 0 Å². The van der Waals surface area contributed by atoms with Crippen molar-refractivity contribution in [2.75, 3.05) is 6.54 Å². The molecule has 5 rings (SSSR count). The molecule has 1 saturated carbocycles. The number of rotatable bonds is 12. The number of ketones is 1. The van der Waals surface area contributed by atoms with Crippen LogP contribution in [0.3, 0.4) is 0 Å². The molecule has 3 atom stereocenters. The van der Waals surface area contributed by atoms with Gasteiger partial charge in [0.25, 0.3) is 11.8 Å². The summed E-state index contributed by atoms with van der Waals surface area (Å²) in [7, 11) is 0. The quantitative estimate of drug-likeness (QED) is 0.219. The number of carbonyl (C=O) groups is 5. The normalized spacial score (nSPS) is 18.3. The minimum Gasteiger partial charge on any atom is -0.451 e. The molecule has 1 unspecified atom stereocenters. The fraction of sp³-hybridized carbons (Fsp3) is 0.472. The van der Waals surface area contributed by atoms with E-state index in [0.29, 0.717) is 30.5 Å². The van der Waals surface area contributed by atoms with Crippen molar-refractivity contribution in [2.24, 2.45) is 11.8 Å². The third-order valence-electron chi connectivity index (χ3n) is 9.29. The Kier molecular flexibility index (Phi) is 10.9. The van der Waals surface area contributed by atoms with Crippen LogP contribution in [0, 0.1) is 25.7 Å². The molecule has 3 aromatic rings. The third-order valence-corrected chi connectivity index (χ3v) is 9.29. The summed E-state index contributed by atoms with van der Waals surface area (Å²) in [5.41, 5.74) is 3.12. The lowest BCUT2D eigenvalue weighted by Crippen LogP contribution is -2.55. The number of amides is 4. The van der Waals surface area contributed by atoms with Crippen molar-refractivity contribution >= 4 is 40.4 Å². The molecule has 10 nitrogen and oxygen atoms in total. The highest BCUT2D eigenvalue weighted by molar-refractivity contribution is 6.38. The van der Waals surface area contributed by atoms with E-state index in [9.17, 15) is 24.0 Å². The second-order valence-electron chi connectivity index (χ2n) is 12.8. The zero-order chi connectivity index (χ0) is 32.6. The van der Waals surface area contributed by atoms with Gasteiger partial charge in [0, 0.05) is 30.0 Å². The average Bonchev–Trinajstić information content (AvgIpc) is 3.39.